The second-order valence-corrected chi connectivity index (χ2v) is 12.3. The molecule has 0 bridgehead atoms. The number of carbonyl (C=O) groups is 3. The molecule has 0 aliphatic carbocycles. The van der Waals surface area contributed by atoms with Gasteiger partial charge in [-0.25, -0.2) is 0 Å². The van der Waals surface area contributed by atoms with E-state index >= 15 is 0 Å². The molecule has 2 atom stereocenters. The van der Waals surface area contributed by atoms with E-state index in [0.29, 0.717) is 30.1 Å². The van der Waals surface area contributed by atoms with Crippen LogP contribution in [0.4, 0.5) is 0 Å². The van der Waals surface area contributed by atoms with Crippen LogP contribution in [-0.4, -0.2) is 66.6 Å². The number of amidine groups is 1. The van der Waals surface area contributed by atoms with Crippen LogP contribution in [0.5, 0.6) is 11.5 Å². The molecule has 3 aromatic rings. The van der Waals surface area contributed by atoms with E-state index in [4.69, 9.17) is 25.4 Å². The van der Waals surface area contributed by atoms with Crippen LogP contribution in [0.2, 0.25) is 0 Å². The maximum atomic E-state index is 13.4. The van der Waals surface area contributed by atoms with Crippen molar-refractivity contribution in [2.45, 2.75) is 41.0 Å². The molecule has 0 radical (unpaired) electrons. The van der Waals surface area contributed by atoms with Crippen LogP contribution in [0.1, 0.15) is 40.2 Å². The van der Waals surface area contributed by atoms with Crippen LogP contribution in [0.3, 0.4) is 0 Å². The summed E-state index contributed by atoms with van der Waals surface area (Å²) in [6, 6.07) is 13.3. The lowest BCUT2D eigenvalue weighted by molar-refractivity contribution is -0.152. The summed E-state index contributed by atoms with van der Waals surface area (Å²) in [4.78, 5) is 43.9. The molecular formula is C29H29N5O6S2. The number of thiophene rings is 1. The molecule has 2 aromatic carbocycles. The lowest BCUT2D eigenvalue weighted by Crippen LogP contribution is -2.49. The van der Waals surface area contributed by atoms with Crippen molar-refractivity contribution in [3.8, 4) is 11.5 Å². The molecule has 11 nitrogen and oxygen atoms in total. The minimum absolute atomic E-state index is 0.0454. The fourth-order valence-electron chi connectivity index (χ4n) is 5.17. The number of fused-ring (bicyclic) bond motifs is 2. The number of hydrogen-bond donors (Lipinski definition) is 4. The molecule has 6 rings (SSSR count). The van der Waals surface area contributed by atoms with Gasteiger partial charge in [0.15, 0.2) is 5.79 Å². The average Bonchev–Trinajstić information content (AvgIpc) is 3.75. The van der Waals surface area contributed by atoms with Crippen LogP contribution in [0.15, 0.2) is 63.7 Å². The van der Waals surface area contributed by atoms with Crippen molar-refractivity contribution in [3.63, 3.8) is 0 Å². The lowest BCUT2D eigenvalue weighted by Gasteiger charge is -2.25. The molecule has 2 fully saturated rings. The monoisotopic (exact) mass is 607 g/mol. The summed E-state index contributed by atoms with van der Waals surface area (Å²) in [5.41, 5.74) is 6.55. The van der Waals surface area contributed by atoms with Crippen molar-refractivity contribution in [3.05, 3.63) is 69.9 Å². The van der Waals surface area contributed by atoms with E-state index < -0.39 is 23.6 Å². The highest BCUT2D eigenvalue weighted by Gasteiger charge is 2.52. The first-order valence-corrected chi connectivity index (χ1v) is 15.1. The molecule has 3 aliphatic heterocycles. The standard InChI is InChI=1S/C29H29N5O6S2/c1-16(23-11-18(14-41-23)26(30)31)33-28(37)19-12-29(38-8-9-39-29)15-34(19)25(35)13-32-27(36)17-6-7-21-24(10-17)42-22-5-3-2-4-20(22)40-21/h2-7,10-11,14,16,19H,8-9,12-13,15H2,1H3,(H3,30,31)(H,32,36)(H,33,37)/t16-,19+/m1/s1. The van der Waals surface area contributed by atoms with E-state index in [-0.39, 0.29) is 37.3 Å². The predicted octanol–water partition coefficient (Wildman–Crippen LogP) is 3.24. The molecule has 5 N–H and O–H groups in total. The van der Waals surface area contributed by atoms with Gasteiger partial charge in [-0.2, -0.15) is 0 Å². The molecule has 3 amide bonds. The Morgan fingerprint density at radius 1 is 1.10 bits per heavy atom. The van der Waals surface area contributed by atoms with Crippen molar-refractivity contribution in [1.82, 2.24) is 15.5 Å². The molecule has 2 saturated heterocycles. The van der Waals surface area contributed by atoms with Crippen LogP contribution in [0, 0.1) is 5.41 Å². The van der Waals surface area contributed by atoms with E-state index in [1.54, 1.807) is 29.6 Å². The topological polar surface area (TPSA) is 156 Å². The quantitative estimate of drug-likeness (QED) is 0.184. The number of ether oxygens (including phenoxy) is 3. The number of rotatable bonds is 7. The maximum absolute atomic E-state index is 13.4. The molecule has 218 valence electrons. The van der Waals surface area contributed by atoms with E-state index in [2.05, 4.69) is 10.6 Å². The zero-order valence-corrected chi connectivity index (χ0v) is 24.3. The first kappa shape index (κ1) is 28.2. The molecule has 13 heteroatoms. The number of para-hydroxylation sites is 1. The highest BCUT2D eigenvalue weighted by atomic mass is 32.2. The molecule has 1 spiro atoms. The summed E-state index contributed by atoms with van der Waals surface area (Å²) >= 11 is 2.90. The average molecular weight is 608 g/mol. The van der Waals surface area contributed by atoms with Gasteiger partial charge in [0.1, 0.15) is 23.4 Å². The second kappa shape index (κ2) is 11.4. The fraction of sp³-hybridized carbons (Fsp3) is 0.310. The minimum Gasteiger partial charge on any atom is -0.455 e. The minimum atomic E-state index is -1.05. The molecule has 42 heavy (non-hydrogen) atoms. The number of nitrogens with one attached hydrogen (secondary N) is 3. The van der Waals surface area contributed by atoms with Gasteiger partial charge in [-0.05, 0) is 43.3 Å². The Labute approximate surface area is 250 Å². The van der Waals surface area contributed by atoms with Gasteiger partial charge in [-0.3, -0.25) is 19.8 Å². The Balaban J connectivity index is 1.11. The Hall–Kier alpha value is -3.91. The van der Waals surface area contributed by atoms with Gasteiger partial charge >= 0.3 is 0 Å². The predicted molar refractivity (Wildman–Crippen MR) is 156 cm³/mol. The molecule has 0 saturated carbocycles. The van der Waals surface area contributed by atoms with Gasteiger partial charge in [-0.1, -0.05) is 23.9 Å². The van der Waals surface area contributed by atoms with Gasteiger partial charge in [0, 0.05) is 27.8 Å². The molecular weight excluding hydrogens is 578 g/mol. The van der Waals surface area contributed by atoms with Gasteiger partial charge in [0.25, 0.3) is 5.91 Å². The number of amides is 3. The zero-order chi connectivity index (χ0) is 29.4. The molecule has 3 aliphatic rings. The van der Waals surface area contributed by atoms with E-state index in [1.165, 1.54) is 28.0 Å². The van der Waals surface area contributed by atoms with Crippen molar-refractivity contribution < 1.29 is 28.6 Å². The normalized spacial score (nSPS) is 19.0. The number of nitrogens with zero attached hydrogens (tertiary/aromatic N) is 1. The van der Waals surface area contributed by atoms with Gasteiger partial charge in [0.05, 0.1) is 42.1 Å². The number of carbonyl (C=O) groups excluding carboxylic acids is 3. The Kier molecular flexibility index (Phi) is 7.66. The smallest absolute Gasteiger partial charge is 0.251 e. The summed E-state index contributed by atoms with van der Waals surface area (Å²) in [6.07, 6.45) is 0.178. The van der Waals surface area contributed by atoms with Crippen LogP contribution in [-0.2, 0) is 19.1 Å². The summed E-state index contributed by atoms with van der Waals surface area (Å²) in [5.74, 6) is -0.872. The Morgan fingerprint density at radius 3 is 2.62 bits per heavy atom. The largest absolute Gasteiger partial charge is 0.455 e. The molecule has 1 aromatic heterocycles. The van der Waals surface area contributed by atoms with Crippen LogP contribution < -0.4 is 21.1 Å². The third-order valence-electron chi connectivity index (χ3n) is 7.34. The summed E-state index contributed by atoms with van der Waals surface area (Å²) in [6.45, 7) is 2.35. The lowest BCUT2D eigenvalue weighted by atomic mass is 10.1. The van der Waals surface area contributed by atoms with Gasteiger partial charge in [0.2, 0.25) is 11.8 Å². The van der Waals surface area contributed by atoms with Gasteiger partial charge < -0.3 is 35.5 Å². The molecule has 0 unspecified atom stereocenters. The summed E-state index contributed by atoms with van der Waals surface area (Å²) in [5, 5.41) is 15.0. The zero-order valence-electron chi connectivity index (χ0n) is 22.7. The van der Waals surface area contributed by atoms with Crippen molar-refractivity contribution in [2.75, 3.05) is 26.3 Å². The maximum Gasteiger partial charge on any atom is 0.251 e. The number of nitrogens with two attached hydrogens (primary N) is 1. The Bertz CT molecular complexity index is 1570. The third kappa shape index (κ3) is 5.60. The van der Waals surface area contributed by atoms with Crippen LogP contribution >= 0.6 is 23.1 Å². The first-order chi connectivity index (χ1) is 20.2. The van der Waals surface area contributed by atoms with Crippen molar-refractivity contribution in [2.24, 2.45) is 5.73 Å². The van der Waals surface area contributed by atoms with Crippen LogP contribution in [0.25, 0.3) is 0 Å². The van der Waals surface area contributed by atoms with Crippen molar-refractivity contribution >= 4 is 46.7 Å². The third-order valence-corrected chi connectivity index (χ3v) is 9.55. The number of hydrogen-bond acceptors (Lipinski definition) is 9. The number of nitrogen functional groups attached to an aromatic ring is 1. The van der Waals surface area contributed by atoms with Crippen molar-refractivity contribution in [1.29, 1.82) is 5.41 Å². The Morgan fingerprint density at radius 2 is 1.86 bits per heavy atom. The van der Waals surface area contributed by atoms with E-state index in [1.807, 2.05) is 31.2 Å². The summed E-state index contributed by atoms with van der Waals surface area (Å²) in [7, 11) is 0. The highest BCUT2D eigenvalue weighted by molar-refractivity contribution is 7.99. The SMILES string of the molecule is C[C@@H](NC(=O)[C@@H]1CC2(CN1C(=O)CNC(=O)c1ccc3c(c1)Sc1ccccc1O3)OCCO2)c1cc(C(=N)N)cs1. The number of benzene rings is 2. The van der Waals surface area contributed by atoms with Gasteiger partial charge in [-0.15, -0.1) is 11.3 Å². The van der Waals surface area contributed by atoms with E-state index in [9.17, 15) is 14.4 Å². The second-order valence-electron chi connectivity index (χ2n) is 10.2. The van der Waals surface area contributed by atoms with E-state index in [0.717, 1.165) is 20.4 Å². The summed E-state index contributed by atoms with van der Waals surface area (Å²) < 4.78 is 17.6. The first-order valence-electron chi connectivity index (χ1n) is 13.4. The number of likely N-dealkylation sites (tertiary alicyclic amines) is 1. The molecule has 4 heterocycles. The fourth-order valence-corrected chi connectivity index (χ4v) is 7.08. The highest BCUT2D eigenvalue weighted by Crippen LogP contribution is 2.47.